The zero-order chi connectivity index (χ0) is 15.2. The van der Waals surface area contributed by atoms with Crippen LogP contribution in [0.2, 0.25) is 0 Å². The van der Waals surface area contributed by atoms with Crippen molar-refractivity contribution < 1.29 is 19.1 Å². The third-order valence-electron chi connectivity index (χ3n) is 3.78. The summed E-state index contributed by atoms with van der Waals surface area (Å²) in [5.41, 5.74) is 0.313. The van der Waals surface area contributed by atoms with Crippen LogP contribution < -0.4 is 10.1 Å². The molecule has 2 heterocycles. The summed E-state index contributed by atoms with van der Waals surface area (Å²) in [5.74, 6) is -0.357. The van der Waals surface area contributed by atoms with Crippen molar-refractivity contribution in [1.29, 1.82) is 0 Å². The minimum absolute atomic E-state index is 0.148. The maximum absolute atomic E-state index is 12.4. The summed E-state index contributed by atoms with van der Waals surface area (Å²) >= 11 is 0. The molecule has 21 heavy (non-hydrogen) atoms. The van der Waals surface area contributed by atoms with Crippen molar-refractivity contribution in [3.8, 4) is 5.75 Å². The van der Waals surface area contributed by atoms with E-state index < -0.39 is 11.6 Å². The van der Waals surface area contributed by atoms with Gasteiger partial charge in [0.05, 0.1) is 5.92 Å². The summed E-state index contributed by atoms with van der Waals surface area (Å²) in [6.45, 7) is 5.75. The Morgan fingerprint density at radius 3 is 2.76 bits per heavy atom. The number of carbonyl (C=O) groups is 2. The van der Waals surface area contributed by atoms with Gasteiger partial charge >= 0.3 is 5.97 Å². The molecule has 1 aromatic rings. The van der Waals surface area contributed by atoms with Crippen LogP contribution in [0, 0.1) is 5.92 Å². The second-order valence-corrected chi connectivity index (χ2v) is 6.50. The fourth-order valence-corrected chi connectivity index (χ4v) is 2.96. The summed E-state index contributed by atoms with van der Waals surface area (Å²) in [5, 5.41) is 2.77. The second kappa shape index (κ2) is 4.76. The van der Waals surface area contributed by atoms with Crippen molar-refractivity contribution in [3.63, 3.8) is 0 Å². The van der Waals surface area contributed by atoms with E-state index in [1.54, 1.807) is 0 Å². The van der Waals surface area contributed by atoms with E-state index in [2.05, 4.69) is 5.32 Å². The normalized spacial score (nSPS) is 27.2. The van der Waals surface area contributed by atoms with E-state index in [0.29, 0.717) is 6.61 Å². The topological polar surface area (TPSA) is 64.6 Å². The Morgan fingerprint density at radius 2 is 2.05 bits per heavy atom. The van der Waals surface area contributed by atoms with E-state index in [1.807, 2.05) is 45.0 Å². The predicted molar refractivity (Wildman–Crippen MR) is 75.9 cm³/mol. The number of ether oxygens (including phenoxy) is 2. The highest BCUT2D eigenvalue weighted by molar-refractivity contribution is 5.92. The molecule has 1 amide bonds. The van der Waals surface area contributed by atoms with Crippen LogP contribution in [-0.2, 0) is 14.3 Å². The number of para-hydroxylation sites is 1. The number of carbonyl (C=O) groups excluding carboxylic acids is 2. The number of benzene rings is 1. The Hall–Kier alpha value is -2.04. The van der Waals surface area contributed by atoms with E-state index >= 15 is 0 Å². The molecule has 0 aromatic heterocycles. The fourth-order valence-electron chi connectivity index (χ4n) is 2.96. The lowest BCUT2D eigenvalue weighted by Crippen LogP contribution is -2.41. The average Bonchev–Trinajstić information content (AvgIpc) is 2.75. The number of amides is 1. The summed E-state index contributed by atoms with van der Waals surface area (Å²) < 4.78 is 11.1. The van der Waals surface area contributed by atoms with Gasteiger partial charge in [0.1, 0.15) is 24.0 Å². The van der Waals surface area contributed by atoms with Gasteiger partial charge in [0.2, 0.25) is 5.91 Å². The quantitative estimate of drug-likeness (QED) is 0.798. The SMILES string of the molecule is CC(C)(C)OC(=O)[C@H]1NC(=O)[C@@H]2COc3ccccc3[C@H]12. The zero-order valence-corrected chi connectivity index (χ0v) is 12.4. The van der Waals surface area contributed by atoms with Crippen LogP contribution >= 0.6 is 0 Å². The molecule has 0 aliphatic carbocycles. The predicted octanol–water partition coefficient (Wildman–Crippen LogP) is 1.62. The first kappa shape index (κ1) is 13.9. The highest BCUT2D eigenvalue weighted by Crippen LogP contribution is 2.42. The van der Waals surface area contributed by atoms with Crippen molar-refractivity contribution in [1.82, 2.24) is 5.32 Å². The smallest absolute Gasteiger partial charge is 0.329 e. The van der Waals surface area contributed by atoms with Gasteiger partial charge in [-0.15, -0.1) is 0 Å². The van der Waals surface area contributed by atoms with Gasteiger partial charge in [0, 0.05) is 11.5 Å². The van der Waals surface area contributed by atoms with Crippen LogP contribution in [0.5, 0.6) is 5.75 Å². The summed E-state index contributed by atoms with van der Waals surface area (Å²) in [4.78, 5) is 24.5. The second-order valence-electron chi connectivity index (χ2n) is 6.50. The molecule has 5 heteroatoms. The van der Waals surface area contributed by atoms with Crippen LogP contribution in [0.15, 0.2) is 24.3 Å². The first-order valence-corrected chi connectivity index (χ1v) is 7.12. The average molecular weight is 289 g/mol. The molecule has 1 saturated heterocycles. The van der Waals surface area contributed by atoms with E-state index in [9.17, 15) is 9.59 Å². The van der Waals surface area contributed by atoms with Crippen LogP contribution in [0.1, 0.15) is 32.3 Å². The molecule has 0 radical (unpaired) electrons. The Labute approximate surface area is 123 Å². The lowest BCUT2D eigenvalue weighted by atomic mass is 9.82. The van der Waals surface area contributed by atoms with E-state index in [4.69, 9.17) is 9.47 Å². The number of rotatable bonds is 1. The van der Waals surface area contributed by atoms with E-state index in [-0.39, 0.29) is 23.7 Å². The fraction of sp³-hybridized carbons (Fsp3) is 0.500. The van der Waals surface area contributed by atoms with E-state index in [0.717, 1.165) is 11.3 Å². The number of nitrogens with one attached hydrogen (secondary N) is 1. The van der Waals surface area contributed by atoms with Crippen molar-refractivity contribution in [2.75, 3.05) is 6.61 Å². The van der Waals surface area contributed by atoms with Crippen LogP contribution in [0.3, 0.4) is 0 Å². The van der Waals surface area contributed by atoms with Crippen molar-refractivity contribution >= 4 is 11.9 Å². The molecule has 2 aliphatic rings. The van der Waals surface area contributed by atoms with Gasteiger partial charge in [0.25, 0.3) is 0 Å². The van der Waals surface area contributed by atoms with Crippen LogP contribution in [0.25, 0.3) is 0 Å². The summed E-state index contributed by atoms with van der Waals surface area (Å²) in [7, 11) is 0. The first-order valence-electron chi connectivity index (χ1n) is 7.12. The summed E-state index contributed by atoms with van der Waals surface area (Å²) in [6.07, 6.45) is 0. The monoisotopic (exact) mass is 289 g/mol. The molecule has 112 valence electrons. The third-order valence-corrected chi connectivity index (χ3v) is 3.78. The number of fused-ring (bicyclic) bond motifs is 3. The molecule has 5 nitrogen and oxygen atoms in total. The van der Waals surface area contributed by atoms with Crippen molar-refractivity contribution in [2.45, 2.75) is 38.3 Å². The van der Waals surface area contributed by atoms with Gasteiger partial charge < -0.3 is 14.8 Å². The van der Waals surface area contributed by atoms with Crippen molar-refractivity contribution in [2.24, 2.45) is 5.92 Å². The highest BCUT2D eigenvalue weighted by atomic mass is 16.6. The number of esters is 1. The zero-order valence-electron chi connectivity index (χ0n) is 12.4. The Bertz CT molecular complexity index is 590. The molecule has 1 fully saturated rings. The molecule has 0 spiro atoms. The van der Waals surface area contributed by atoms with Gasteiger partial charge in [0.15, 0.2) is 0 Å². The number of hydrogen-bond acceptors (Lipinski definition) is 4. The molecule has 0 unspecified atom stereocenters. The highest BCUT2D eigenvalue weighted by Gasteiger charge is 2.50. The molecular formula is C16H19NO4. The van der Waals surface area contributed by atoms with Crippen molar-refractivity contribution in [3.05, 3.63) is 29.8 Å². The molecule has 1 aromatic carbocycles. The first-order chi connectivity index (χ1) is 9.87. The molecule has 3 rings (SSSR count). The minimum Gasteiger partial charge on any atom is -0.492 e. The molecule has 0 saturated carbocycles. The molecule has 0 bridgehead atoms. The van der Waals surface area contributed by atoms with Gasteiger partial charge in [-0.3, -0.25) is 4.79 Å². The molecule has 1 N–H and O–H groups in total. The maximum Gasteiger partial charge on any atom is 0.329 e. The number of hydrogen-bond donors (Lipinski definition) is 1. The minimum atomic E-state index is -0.647. The van der Waals surface area contributed by atoms with Crippen LogP contribution in [0.4, 0.5) is 0 Å². The lowest BCUT2D eigenvalue weighted by Gasteiger charge is -2.30. The molecule has 3 atom stereocenters. The Morgan fingerprint density at radius 1 is 1.33 bits per heavy atom. The van der Waals surface area contributed by atoms with E-state index in [1.165, 1.54) is 0 Å². The summed E-state index contributed by atoms with van der Waals surface area (Å²) in [6, 6.07) is 6.89. The molecule has 2 aliphatic heterocycles. The van der Waals surface area contributed by atoms with Gasteiger partial charge in [-0.2, -0.15) is 0 Å². The van der Waals surface area contributed by atoms with Gasteiger partial charge in [-0.1, -0.05) is 18.2 Å². The Balaban J connectivity index is 1.94. The van der Waals surface area contributed by atoms with Gasteiger partial charge in [-0.05, 0) is 26.8 Å². The standard InChI is InChI=1S/C16H19NO4/c1-16(2,3)21-15(19)13-12-9-6-4-5-7-11(9)20-8-10(12)14(18)17-13/h4-7,10,12-13H,8H2,1-3H3,(H,17,18)/t10-,12+,13+/m1/s1. The Kier molecular flexibility index (Phi) is 3.15. The lowest BCUT2D eigenvalue weighted by molar-refractivity contribution is -0.158. The van der Waals surface area contributed by atoms with Gasteiger partial charge in [-0.25, -0.2) is 4.79 Å². The molecular weight excluding hydrogens is 270 g/mol. The largest absolute Gasteiger partial charge is 0.492 e. The maximum atomic E-state index is 12.4. The van der Waals surface area contributed by atoms with Crippen LogP contribution in [-0.4, -0.2) is 30.1 Å². The third kappa shape index (κ3) is 2.48.